The molecule has 1 unspecified atom stereocenters. The van der Waals surface area contributed by atoms with Crippen molar-refractivity contribution in [2.24, 2.45) is 5.92 Å². The Balaban J connectivity index is 2.32. The van der Waals surface area contributed by atoms with Crippen LogP contribution in [0.4, 0.5) is 0 Å². The second-order valence-corrected chi connectivity index (χ2v) is 3.17. The van der Waals surface area contributed by atoms with Crippen LogP contribution < -0.4 is 0 Å². The topological polar surface area (TPSA) is 43.4 Å². The molecule has 1 aliphatic rings. The first-order chi connectivity index (χ1) is 6.24. The first-order valence-corrected chi connectivity index (χ1v) is 4.65. The van der Waals surface area contributed by atoms with E-state index in [1.54, 1.807) is 6.08 Å². The van der Waals surface area contributed by atoms with Crippen molar-refractivity contribution in [3.8, 4) is 0 Å². The summed E-state index contributed by atoms with van der Waals surface area (Å²) in [6, 6.07) is 0. The number of ether oxygens (including phenoxy) is 1. The van der Waals surface area contributed by atoms with Crippen LogP contribution in [-0.4, -0.2) is 11.9 Å². The fraction of sp³-hybridized carbons (Fsp3) is 0.600. The fourth-order valence-electron chi connectivity index (χ4n) is 1.22. The molecule has 0 N–H and O–H groups in total. The van der Waals surface area contributed by atoms with Gasteiger partial charge in [-0.2, -0.15) is 0 Å². The minimum Gasteiger partial charge on any atom is -0.393 e. The van der Waals surface area contributed by atoms with Crippen molar-refractivity contribution in [1.82, 2.24) is 0 Å². The molecule has 1 atom stereocenters. The first kappa shape index (κ1) is 9.96. The van der Waals surface area contributed by atoms with Gasteiger partial charge in [0.15, 0.2) is 0 Å². The molecule has 0 radical (unpaired) electrons. The molecule has 0 saturated carbocycles. The molecule has 0 bridgehead atoms. The van der Waals surface area contributed by atoms with E-state index in [0.717, 1.165) is 19.3 Å². The van der Waals surface area contributed by atoms with Crippen molar-refractivity contribution in [2.45, 2.75) is 32.6 Å². The SMILES string of the molecule is CCCCC=CC1CC(=O)OC1=O. The summed E-state index contributed by atoms with van der Waals surface area (Å²) >= 11 is 0. The highest BCUT2D eigenvalue weighted by molar-refractivity contribution is 5.95. The third-order valence-electron chi connectivity index (χ3n) is 2.00. The second-order valence-electron chi connectivity index (χ2n) is 3.17. The molecule has 0 aliphatic carbocycles. The maximum absolute atomic E-state index is 11.0. The highest BCUT2D eigenvalue weighted by atomic mass is 16.6. The van der Waals surface area contributed by atoms with E-state index in [1.807, 2.05) is 6.08 Å². The highest BCUT2D eigenvalue weighted by Gasteiger charge is 2.30. The van der Waals surface area contributed by atoms with Crippen LogP contribution in [0.25, 0.3) is 0 Å². The predicted octanol–water partition coefficient (Wildman–Crippen LogP) is 1.82. The number of rotatable bonds is 4. The number of esters is 2. The Kier molecular flexibility index (Phi) is 3.68. The number of cyclic esters (lactones) is 2. The molecule has 0 aromatic heterocycles. The molecule has 0 spiro atoms. The van der Waals surface area contributed by atoms with Gasteiger partial charge in [-0.15, -0.1) is 0 Å². The van der Waals surface area contributed by atoms with Crippen molar-refractivity contribution in [1.29, 1.82) is 0 Å². The van der Waals surface area contributed by atoms with Crippen LogP contribution in [0.5, 0.6) is 0 Å². The molecule has 0 aromatic carbocycles. The fourth-order valence-corrected chi connectivity index (χ4v) is 1.22. The Morgan fingerprint density at radius 3 is 2.85 bits per heavy atom. The lowest BCUT2D eigenvalue weighted by atomic mass is 10.1. The van der Waals surface area contributed by atoms with Gasteiger partial charge in [0.2, 0.25) is 0 Å². The molecule has 13 heavy (non-hydrogen) atoms. The van der Waals surface area contributed by atoms with Gasteiger partial charge in [-0.25, -0.2) is 0 Å². The number of allylic oxidation sites excluding steroid dienone is 1. The molecule has 1 rings (SSSR count). The van der Waals surface area contributed by atoms with Gasteiger partial charge in [0.1, 0.15) is 0 Å². The summed E-state index contributed by atoms with van der Waals surface area (Å²) < 4.78 is 4.40. The van der Waals surface area contributed by atoms with Crippen LogP contribution in [0.1, 0.15) is 32.6 Å². The summed E-state index contributed by atoms with van der Waals surface area (Å²) in [5.74, 6) is -1.14. The lowest BCUT2D eigenvalue weighted by Crippen LogP contribution is -2.03. The molecule has 3 nitrogen and oxygen atoms in total. The normalized spacial score (nSPS) is 22.7. The Labute approximate surface area is 77.8 Å². The summed E-state index contributed by atoms with van der Waals surface area (Å²) in [7, 11) is 0. The lowest BCUT2D eigenvalue weighted by molar-refractivity contribution is -0.152. The minimum atomic E-state index is -0.407. The van der Waals surface area contributed by atoms with Gasteiger partial charge in [0.25, 0.3) is 0 Å². The maximum Gasteiger partial charge on any atom is 0.321 e. The predicted molar refractivity (Wildman–Crippen MR) is 47.9 cm³/mol. The molecule has 1 aliphatic heterocycles. The third kappa shape index (κ3) is 3.01. The molecule has 1 fully saturated rings. The van der Waals surface area contributed by atoms with E-state index in [2.05, 4.69) is 11.7 Å². The molecular formula is C10H14O3. The summed E-state index contributed by atoms with van der Waals surface area (Å²) in [6.07, 6.45) is 7.16. The van der Waals surface area contributed by atoms with E-state index >= 15 is 0 Å². The van der Waals surface area contributed by atoms with E-state index in [-0.39, 0.29) is 12.3 Å². The Hall–Kier alpha value is -1.12. The van der Waals surface area contributed by atoms with Crippen molar-refractivity contribution in [3.05, 3.63) is 12.2 Å². The second kappa shape index (κ2) is 4.80. The van der Waals surface area contributed by atoms with E-state index in [0.29, 0.717) is 0 Å². The summed E-state index contributed by atoms with van der Waals surface area (Å²) in [5.41, 5.74) is 0. The molecule has 0 amide bonds. The van der Waals surface area contributed by atoms with Crippen LogP contribution in [0.15, 0.2) is 12.2 Å². The largest absolute Gasteiger partial charge is 0.393 e. The first-order valence-electron chi connectivity index (χ1n) is 4.65. The number of unbranched alkanes of at least 4 members (excludes halogenated alkanes) is 2. The molecule has 3 heteroatoms. The zero-order chi connectivity index (χ0) is 9.68. The van der Waals surface area contributed by atoms with E-state index < -0.39 is 11.9 Å². The molecule has 1 saturated heterocycles. The van der Waals surface area contributed by atoms with Gasteiger partial charge < -0.3 is 4.74 Å². The van der Waals surface area contributed by atoms with E-state index in [1.165, 1.54) is 0 Å². The number of carbonyl (C=O) groups excluding carboxylic acids is 2. The Morgan fingerprint density at radius 1 is 1.54 bits per heavy atom. The third-order valence-corrected chi connectivity index (χ3v) is 2.00. The molecular weight excluding hydrogens is 168 g/mol. The van der Waals surface area contributed by atoms with Crippen LogP contribution >= 0.6 is 0 Å². The van der Waals surface area contributed by atoms with Crippen molar-refractivity contribution in [2.75, 3.05) is 0 Å². The monoisotopic (exact) mass is 182 g/mol. The summed E-state index contributed by atoms with van der Waals surface area (Å²) in [6.45, 7) is 2.11. The van der Waals surface area contributed by atoms with Crippen molar-refractivity contribution in [3.63, 3.8) is 0 Å². The van der Waals surface area contributed by atoms with Crippen LogP contribution in [-0.2, 0) is 14.3 Å². The van der Waals surface area contributed by atoms with Gasteiger partial charge in [-0.3, -0.25) is 9.59 Å². The summed E-state index contributed by atoms with van der Waals surface area (Å²) in [4.78, 5) is 21.6. The average molecular weight is 182 g/mol. The molecule has 1 heterocycles. The van der Waals surface area contributed by atoms with Gasteiger partial charge in [-0.05, 0) is 6.42 Å². The highest BCUT2D eigenvalue weighted by Crippen LogP contribution is 2.17. The van der Waals surface area contributed by atoms with Gasteiger partial charge in [0.05, 0.1) is 12.3 Å². The lowest BCUT2D eigenvalue weighted by Gasteiger charge is -1.94. The van der Waals surface area contributed by atoms with Crippen molar-refractivity contribution < 1.29 is 14.3 Å². The van der Waals surface area contributed by atoms with E-state index in [9.17, 15) is 9.59 Å². The van der Waals surface area contributed by atoms with E-state index in [4.69, 9.17) is 0 Å². The molecule has 0 aromatic rings. The number of carbonyl (C=O) groups is 2. The smallest absolute Gasteiger partial charge is 0.321 e. The maximum atomic E-state index is 11.0. The van der Waals surface area contributed by atoms with Crippen LogP contribution in [0.2, 0.25) is 0 Å². The van der Waals surface area contributed by atoms with Gasteiger partial charge in [0, 0.05) is 0 Å². The average Bonchev–Trinajstić information content (AvgIpc) is 2.39. The van der Waals surface area contributed by atoms with Crippen LogP contribution in [0.3, 0.4) is 0 Å². The number of hydrogen-bond donors (Lipinski definition) is 0. The van der Waals surface area contributed by atoms with Crippen LogP contribution in [0, 0.1) is 5.92 Å². The zero-order valence-electron chi connectivity index (χ0n) is 7.79. The number of hydrogen-bond acceptors (Lipinski definition) is 3. The Morgan fingerprint density at radius 2 is 2.31 bits per heavy atom. The minimum absolute atomic E-state index is 0.210. The standard InChI is InChI=1S/C10H14O3/c1-2-3-4-5-6-8-7-9(11)13-10(8)12/h5-6,8H,2-4,7H2,1H3. The van der Waals surface area contributed by atoms with Gasteiger partial charge >= 0.3 is 11.9 Å². The Bertz CT molecular complexity index is 230. The zero-order valence-corrected chi connectivity index (χ0v) is 7.79. The van der Waals surface area contributed by atoms with Gasteiger partial charge in [-0.1, -0.05) is 31.9 Å². The summed E-state index contributed by atoms with van der Waals surface area (Å²) in [5, 5.41) is 0. The quantitative estimate of drug-likeness (QED) is 0.288. The molecule has 72 valence electrons. The van der Waals surface area contributed by atoms with Crippen molar-refractivity contribution >= 4 is 11.9 Å².